The van der Waals surface area contributed by atoms with Crippen molar-refractivity contribution in [1.82, 2.24) is 10.3 Å². The number of hydrogen-bond acceptors (Lipinski definition) is 5. The first-order valence-electron chi connectivity index (χ1n) is 8.82. The first-order valence-corrected chi connectivity index (χ1v) is 9.19. The molecule has 1 aromatic heterocycles. The number of halogens is 2. The quantitative estimate of drug-likeness (QED) is 0.542. The number of nitrogens with two attached hydrogens (primary N) is 2. The van der Waals surface area contributed by atoms with Crippen LogP contribution in [-0.2, 0) is 10.3 Å². The molecule has 154 valence electrons. The van der Waals surface area contributed by atoms with E-state index in [1.807, 2.05) is 0 Å². The van der Waals surface area contributed by atoms with E-state index in [0.29, 0.717) is 17.1 Å². The Balaban J connectivity index is 1.96. The van der Waals surface area contributed by atoms with E-state index >= 15 is 0 Å². The highest BCUT2D eigenvalue weighted by atomic mass is 35.5. The molecule has 0 spiro atoms. The van der Waals surface area contributed by atoms with Crippen LogP contribution >= 0.6 is 11.6 Å². The molecule has 0 radical (unpaired) electrons. The Morgan fingerprint density at radius 2 is 2.10 bits per heavy atom. The number of nitrogens with one attached hydrogen (secondary N) is 2. The number of amides is 3. The van der Waals surface area contributed by atoms with Crippen LogP contribution in [0.4, 0.5) is 14.9 Å². The Morgan fingerprint density at radius 3 is 2.66 bits per heavy atom. The SMILES string of the molecule is COC[C@@](NC(N)=O)(c1cc(NC(=O)c2ccc(Cl)cn2)ccc1F)[C@H]1C[C@H]1N. The van der Waals surface area contributed by atoms with Gasteiger partial charge in [-0.25, -0.2) is 14.2 Å². The molecular weight excluding hydrogens is 401 g/mol. The summed E-state index contributed by atoms with van der Waals surface area (Å²) in [5, 5.41) is 5.67. The second-order valence-electron chi connectivity index (χ2n) is 6.91. The van der Waals surface area contributed by atoms with Crippen LogP contribution in [0.25, 0.3) is 0 Å². The summed E-state index contributed by atoms with van der Waals surface area (Å²) in [7, 11) is 1.43. The van der Waals surface area contributed by atoms with Gasteiger partial charge in [0.05, 0.1) is 17.2 Å². The number of methoxy groups -OCH3 is 1. The maximum absolute atomic E-state index is 14.8. The van der Waals surface area contributed by atoms with Crippen LogP contribution in [-0.4, -0.2) is 36.7 Å². The summed E-state index contributed by atoms with van der Waals surface area (Å²) >= 11 is 5.78. The molecule has 10 heteroatoms. The first-order chi connectivity index (χ1) is 13.8. The van der Waals surface area contributed by atoms with E-state index in [9.17, 15) is 14.0 Å². The molecule has 3 rings (SSSR count). The number of carbonyl (C=O) groups excluding carboxylic acids is 2. The zero-order valence-corrected chi connectivity index (χ0v) is 16.4. The molecule has 1 heterocycles. The third-order valence-electron chi connectivity index (χ3n) is 4.86. The average Bonchev–Trinajstić information content (AvgIpc) is 3.40. The number of anilines is 1. The highest BCUT2D eigenvalue weighted by Crippen LogP contribution is 2.46. The van der Waals surface area contributed by atoms with E-state index in [0.717, 1.165) is 0 Å². The van der Waals surface area contributed by atoms with E-state index in [2.05, 4.69) is 15.6 Å². The zero-order valence-electron chi connectivity index (χ0n) is 15.6. The van der Waals surface area contributed by atoms with Gasteiger partial charge < -0.3 is 26.8 Å². The van der Waals surface area contributed by atoms with Crippen LogP contribution in [0, 0.1) is 11.7 Å². The zero-order chi connectivity index (χ0) is 21.2. The number of ether oxygens (including phenoxy) is 1. The van der Waals surface area contributed by atoms with Gasteiger partial charge in [-0.2, -0.15) is 0 Å². The third-order valence-corrected chi connectivity index (χ3v) is 5.08. The van der Waals surface area contributed by atoms with E-state index in [4.69, 9.17) is 27.8 Å². The molecule has 8 nitrogen and oxygen atoms in total. The predicted molar refractivity (Wildman–Crippen MR) is 106 cm³/mol. The van der Waals surface area contributed by atoms with E-state index < -0.39 is 23.3 Å². The van der Waals surface area contributed by atoms with Crippen LogP contribution in [0.3, 0.4) is 0 Å². The van der Waals surface area contributed by atoms with Crippen molar-refractivity contribution < 1.29 is 18.7 Å². The van der Waals surface area contributed by atoms with Gasteiger partial charge >= 0.3 is 6.03 Å². The molecule has 2 aromatic rings. The van der Waals surface area contributed by atoms with Crippen molar-refractivity contribution in [2.75, 3.05) is 19.0 Å². The number of nitrogens with zero attached hydrogens (tertiary/aromatic N) is 1. The van der Waals surface area contributed by atoms with Gasteiger partial charge in [0, 0.05) is 36.5 Å². The number of rotatable bonds is 7. The first kappa shape index (κ1) is 21.0. The van der Waals surface area contributed by atoms with Crippen molar-refractivity contribution in [2.45, 2.75) is 18.0 Å². The predicted octanol–water partition coefficient (Wildman–Crippen LogP) is 1.98. The van der Waals surface area contributed by atoms with Gasteiger partial charge in [0.25, 0.3) is 5.91 Å². The second kappa shape index (κ2) is 8.32. The number of carbonyl (C=O) groups is 2. The lowest BCUT2D eigenvalue weighted by atomic mass is 9.84. The molecule has 6 N–H and O–H groups in total. The molecular formula is C19H21ClFN5O3. The van der Waals surface area contributed by atoms with Gasteiger partial charge in [0.1, 0.15) is 11.5 Å². The third kappa shape index (κ3) is 4.47. The fourth-order valence-corrected chi connectivity index (χ4v) is 3.57. The second-order valence-corrected chi connectivity index (χ2v) is 7.35. The number of primary amides is 1. The Labute approximate surface area is 171 Å². The van der Waals surface area contributed by atoms with E-state index in [-0.39, 0.29) is 29.8 Å². The summed E-state index contributed by atoms with van der Waals surface area (Å²) in [6, 6.07) is 5.96. The molecule has 3 amide bonds. The summed E-state index contributed by atoms with van der Waals surface area (Å²) < 4.78 is 20.1. The molecule has 3 atom stereocenters. The van der Waals surface area contributed by atoms with Crippen LogP contribution in [0.1, 0.15) is 22.5 Å². The maximum Gasteiger partial charge on any atom is 0.312 e. The Morgan fingerprint density at radius 1 is 1.38 bits per heavy atom. The number of aromatic nitrogens is 1. The summed E-state index contributed by atoms with van der Waals surface area (Å²) in [6.07, 6.45) is 1.91. The van der Waals surface area contributed by atoms with Crippen molar-refractivity contribution >= 4 is 29.2 Å². The van der Waals surface area contributed by atoms with Gasteiger partial charge in [0.2, 0.25) is 0 Å². The van der Waals surface area contributed by atoms with Crippen LogP contribution < -0.4 is 22.1 Å². The number of pyridine rings is 1. The molecule has 1 fully saturated rings. The highest BCUT2D eigenvalue weighted by molar-refractivity contribution is 6.30. The van der Waals surface area contributed by atoms with Gasteiger partial charge in [-0.15, -0.1) is 0 Å². The van der Waals surface area contributed by atoms with Crippen molar-refractivity contribution in [2.24, 2.45) is 17.4 Å². The summed E-state index contributed by atoms with van der Waals surface area (Å²) in [5.74, 6) is -1.35. The standard InChI is InChI=1S/C19H21ClFN5O3/c1-29-9-19(26-18(23)28,13-7-15(13)22)12-6-11(3-4-14(12)21)25-17(27)16-5-2-10(20)8-24-16/h2-6,8,13,15H,7,9,22H2,1H3,(H,25,27)(H3,23,26,28)/t13-,15+,19+/m0/s1. The molecule has 0 unspecified atom stereocenters. The monoisotopic (exact) mass is 421 g/mol. The van der Waals surface area contributed by atoms with Crippen molar-refractivity contribution in [3.63, 3.8) is 0 Å². The number of hydrogen-bond donors (Lipinski definition) is 4. The minimum Gasteiger partial charge on any atom is -0.382 e. The Kier molecular flexibility index (Phi) is 6.02. The summed E-state index contributed by atoms with van der Waals surface area (Å²) in [4.78, 5) is 28.1. The van der Waals surface area contributed by atoms with Crippen LogP contribution in [0.5, 0.6) is 0 Å². The van der Waals surface area contributed by atoms with Gasteiger partial charge in [-0.1, -0.05) is 11.6 Å². The summed E-state index contributed by atoms with van der Waals surface area (Å²) in [5.41, 5.74) is 10.7. The topological polar surface area (TPSA) is 132 Å². The average molecular weight is 422 g/mol. The molecule has 0 aliphatic heterocycles. The lowest BCUT2D eigenvalue weighted by molar-refractivity contribution is 0.0952. The number of urea groups is 1. The highest BCUT2D eigenvalue weighted by Gasteiger charge is 2.54. The van der Waals surface area contributed by atoms with Crippen molar-refractivity contribution in [3.05, 3.63) is 58.6 Å². The normalized spacial score (nSPS) is 19.9. The lowest BCUT2D eigenvalue weighted by Crippen LogP contribution is -2.54. The molecule has 29 heavy (non-hydrogen) atoms. The van der Waals surface area contributed by atoms with Crippen LogP contribution in [0.2, 0.25) is 5.02 Å². The molecule has 1 aliphatic rings. The Bertz CT molecular complexity index is 927. The molecule has 1 saturated carbocycles. The Hall–Kier alpha value is -2.75. The molecule has 0 saturated heterocycles. The maximum atomic E-state index is 14.8. The van der Waals surface area contributed by atoms with Crippen molar-refractivity contribution in [1.29, 1.82) is 0 Å². The van der Waals surface area contributed by atoms with Gasteiger partial charge in [0.15, 0.2) is 0 Å². The number of benzene rings is 1. The fraction of sp³-hybridized carbons (Fsp3) is 0.316. The minimum atomic E-state index is -1.26. The molecule has 1 aliphatic carbocycles. The smallest absolute Gasteiger partial charge is 0.312 e. The van der Waals surface area contributed by atoms with Gasteiger partial charge in [-0.3, -0.25) is 4.79 Å². The molecule has 0 bridgehead atoms. The van der Waals surface area contributed by atoms with E-state index in [1.165, 1.54) is 43.6 Å². The van der Waals surface area contributed by atoms with E-state index in [1.54, 1.807) is 0 Å². The van der Waals surface area contributed by atoms with Gasteiger partial charge in [-0.05, 0) is 36.8 Å². The van der Waals surface area contributed by atoms with Crippen LogP contribution in [0.15, 0.2) is 36.5 Å². The minimum absolute atomic E-state index is 0.0403. The van der Waals surface area contributed by atoms with Crippen molar-refractivity contribution in [3.8, 4) is 0 Å². The fourth-order valence-electron chi connectivity index (χ4n) is 3.46. The molecule has 1 aromatic carbocycles. The largest absolute Gasteiger partial charge is 0.382 e. The lowest BCUT2D eigenvalue weighted by Gasteiger charge is -2.35. The summed E-state index contributed by atoms with van der Waals surface area (Å²) in [6.45, 7) is -0.0403.